The maximum atomic E-state index is 12.4. The Bertz CT molecular complexity index is 943. The molecule has 0 bridgehead atoms. The van der Waals surface area contributed by atoms with Crippen LogP contribution in [0.3, 0.4) is 0 Å². The van der Waals surface area contributed by atoms with Crippen LogP contribution in [-0.4, -0.2) is 37.2 Å². The Labute approximate surface area is 162 Å². The molecule has 2 aromatic carbocycles. The summed E-state index contributed by atoms with van der Waals surface area (Å²) in [5, 5.41) is 5.86. The first-order chi connectivity index (χ1) is 13.6. The predicted molar refractivity (Wildman–Crippen MR) is 106 cm³/mol. The Hall–Kier alpha value is -3.81. The van der Waals surface area contributed by atoms with Gasteiger partial charge in [-0.15, -0.1) is 0 Å². The maximum absolute atomic E-state index is 12.4. The second-order valence-electron chi connectivity index (χ2n) is 5.66. The molecule has 2 N–H and O–H groups in total. The summed E-state index contributed by atoms with van der Waals surface area (Å²) in [4.78, 5) is 20.8. The van der Waals surface area contributed by atoms with Gasteiger partial charge in [-0.2, -0.15) is 0 Å². The molecular weight excluding hydrogens is 360 g/mol. The van der Waals surface area contributed by atoms with E-state index in [4.69, 9.17) is 14.2 Å². The molecule has 1 amide bonds. The number of anilines is 3. The first-order valence-electron chi connectivity index (χ1n) is 8.39. The van der Waals surface area contributed by atoms with Crippen molar-refractivity contribution in [3.63, 3.8) is 0 Å². The summed E-state index contributed by atoms with van der Waals surface area (Å²) in [6.45, 7) is 0. The van der Waals surface area contributed by atoms with Crippen molar-refractivity contribution in [1.82, 2.24) is 9.97 Å². The van der Waals surface area contributed by atoms with Gasteiger partial charge in [0.2, 0.25) is 0 Å². The van der Waals surface area contributed by atoms with Crippen LogP contribution in [0, 0.1) is 0 Å². The van der Waals surface area contributed by atoms with E-state index >= 15 is 0 Å². The summed E-state index contributed by atoms with van der Waals surface area (Å²) in [6, 6.07) is 12.5. The second kappa shape index (κ2) is 8.72. The van der Waals surface area contributed by atoms with Crippen LogP contribution >= 0.6 is 0 Å². The number of hydrogen-bond acceptors (Lipinski definition) is 7. The Kier molecular flexibility index (Phi) is 5.91. The molecule has 144 valence electrons. The van der Waals surface area contributed by atoms with Gasteiger partial charge in [-0.05, 0) is 36.4 Å². The molecule has 8 heteroatoms. The van der Waals surface area contributed by atoms with Crippen molar-refractivity contribution in [2.24, 2.45) is 0 Å². The number of carbonyl (C=O) groups excluding carboxylic acids is 1. The van der Waals surface area contributed by atoms with Crippen molar-refractivity contribution in [1.29, 1.82) is 0 Å². The van der Waals surface area contributed by atoms with Crippen molar-refractivity contribution in [2.45, 2.75) is 0 Å². The molecule has 0 unspecified atom stereocenters. The minimum absolute atomic E-state index is 0.179. The number of nitrogens with one attached hydrogen (secondary N) is 2. The average Bonchev–Trinajstić information content (AvgIpc) is 2.75. The van der Waals surface area contributed by atoms with Gasteiger partial charge in [-0.1, -0.05) is 0 Å². The lowest BCUT2D eigenvalue weighted by molar-refractivity contribution is 0.102. The molecule has 1 heterocycles. The number of ether oxygens (including phenoxy) is 3. The zero-order valence-corrected chi connectivity index (χ0v) is 15.7. The van der Waals surface area contributed by atoms with Gasteiger partial charge in [0.05, 0.1) is 39.4 Å². The number of benzene rings is 2. The smallest absolute Gasteiger partial charge is 0.275 e. The van der Waals surface area contributed by atoms with Gasteiger partial charge in [0.25, 0.3) is 5.91 Å². The Morgan fingerprint density at radius 1 is 0.857 bits per heavy atom. The lowest BCUT2D eigenvalue weighted by Crippen LogP contribution is -2.15. The number of hydrogen-bond donors (Lipinski definition) is 2. The summed E-state index contributed by atoms with van der Waals surface area (Å²) < 4.78 is 15.5. The van der Waals surface area contributed by atoms with E-state index in [2.05, 4.69) is 20.6 Å². The number of rotatable bonds is 7. The Morgan fingerprint density at radius 2 is 1.57 bits per heavy atom. The highest BCUT2D eigenvalue weighted by Crippen LogP contribution is 2.29. The quantitative estimate of drug-likeness (QED) is 0.648. The molecule has 0 aliphatic heterocycles. The van der Waals surface area contributed by atoms with Crippen molar-refractivity contribution in [3.05, 3.63) is 60.6 Å². The van der Waals surface area contributed by atoms with Crippen molar-refractivity contribution in [2.75, 3.05) is 32.0 Å². The van der Waals surface area contributed by atoms with E-state index in [-0.39, 0.29) is 5.69 Å². The van der Waals surface area contributed by atoms with Crippen LogP contribution in [0.4, 0.5) is 17.2 Å². The molecule has 0 fully saturated rings. The largest absolute Gasteiger partial charge is 0.497 e. The summed E-state index contributed by atoms with van der Waals surface area (Å²) in [5.74, 6) is 2.00. The zero-order valence-electron chi connectivity index (χ0n) is 15.7. The van der Waals surface area contributed by atoms with Crippen LogP contribution in [0.5, 0.6) is 17.2 Å². The lowest BCUT2D eigenvalue weighted by atomic mass is 10.2. The molecule has 3 rings (SSSR count). The monoisotopic (exact) mass is 380 g/mol. The third-order valence-electron chi connectivity index (χ3n) is 3.90. The molecule has 0 saturated carbocycles. The normalized spacial score (nSPS) is 10.1. The summed E-state index contributed by atoms with van der Waals surface area (Å²) in [6.07, 6.45) is 2.89. The standard InChI is InChI=1S/C20H20N4O4/c1-26-14-6-4-13(5-7-14)23-19-12-21-17(11-22-19)20(25)24-16-9-8-15(27-2)10-18(16)28-3/h4-12H,1-3H3,(H,22,23)(H,24,25). The lowest BCUT2D eigenvalue weighted by Gasteiger charge is -2.11. The van der Waals surface area contributed by atoms with Crippen LogP contribution in [-0.2, 0) is 0 Å². The molecular formula is C20H20N4O4. The molecule has 3 aromatic rings. The minimum atomic E-state index is -0.396. The highest BCUT2D eigenvalue weighted by Gasteiger charge is 2.12. The first kappa shape index (κ1) is 19.0. The fraction of sp³-hybridized carbons (Fsp3) is 0.150. The SMILES string of the molecule is COc1ccc(Nc2cnc(C(=O)Nc3ccc(OC)cc3OC)cn2)cc1. The van der Waals surface area contributed by atoms with Gasteiger partial charge < -0.3 is 24.8 Å². The molecule has 28 heavy (non-hydrogen) atoms. The first-order valence-corrected chi connectivity index (χ1v) is 8.39. The number of amides is 1. The number of aromatic nitrogens is 2. The third-order valence-corrected chi connectivity index (χ3v) is 3.90. The van der Waals surface area contributed by atoms with Gasteiger partial charge in [0.15, 0.2) is 0 Å². The van der Waals surface area contributed by atoms with Crippen molar-refractivity contribution in [3.8, 4) is 17.2 Å². The topological polar surface area (TPSA) is 94.6 Å². The molecule has 0 aliphatic carbocycles. The van der Waals surface area contributed by atoms with E-state index in [1.165, 1.54) is 19.5 Å². The van der Waals surface area contributed by atoms with E-state index in [1.54, 1.807) is 32.4 Å². The maximum Gasteiger partial charge on any atom is 0.275 e. The molecule has 0 radical (unpaired) electrons. The third kappa shape index (κ3) is 4.47. The van der Waals surface area contributed by atoms with Gasteiger partial charge >= 0.3 is 0 Å². The number of nitrogens with zero attached hydrogens (tertiary/aromatic N) is 2. The molecule has 1 aromatic heterocycles. The van der Waals surface area contributed by atoms with E-state index in [9.17, 15) is 4.79 Å². The summed E-state index contributed by atoms with van der Waals surface area (Å²) in [5.41, 5.74) is 1.52. The number of carbonyl (C=O) groups is 1. The molecule has 8 nitrogen and oxygen atoms in total. The van der Waals surface area contributed by atoms with Crippen molar-refractivity contribution < 1.29 is 19.0 Å². The number of methoxy groups -OCH3 is 3. The van der Waals surface area contributed by atoms with E-state index < -0.39 is 5.91 Å². The van der Waals surface area contributed by atoms with Crippen LogP contribution in [0.25, 0.3) is 0 Å². The molecule has 0 saturated heterocycles. The summed E-state index contributed by atoms with van der Waals surface area (Å²) in [7, 11) is 4.69. The average molecular weight is 380 g/mol. The van der Waals surface area contributed by atoms with Gasteiger partial charge in [0, 0.05) is 11.8 Å². The highest BCUT2D eigenvalue weighted by molar-refractivity contribution is 6.03. The van der Waals surface area contributed by atoms with E-state index in [0.717, 1.165) is 11.4 Å². The molecule has 0 spiro atoms. The fourth-order valence-electron chi connectivity index (χ4n) is 2.42. The molecule has 0 aliphatic rings. The highest BCUT2D eigenvalue weighted by atomic mass is 16.5. The van der Waals surface area contributed by atoms with E-state index in [1.807, 2.05) is 24.3 Å². The van der Waals surface area contributed by atoms with Crippen LogP contribution in [0.2, 0.25) is 0 Å². The minimum Gasteiger partial charge on any atom is -0.497 e. The molecule has 0 atom stereocenters. The predicted octanol–water partition coefficient (Wildman–Crippen LogP) is 3.50. The van der Waals surface area contributed by atoms with Crippen molar-refractivity contribution >= 4 is 23.1 Å². The second-order valence-corrected chi connectivity index (χ2v) is 5.66. The van der Waals surface area contributed by atoms with Gasteiger partial charge in [0.1, 0.15) is 28.8 Å². The van der Waals surface area contributed by atoms with Crippen LogP contribution < -0.4 is 24.8 Å². The van der Waals surface area contributed by atoms with Gasteiger partial charge in [-0.25, -0.2) is 9.97 Å². The van der Waals surface area contributed by atoms with Crippen LogP contribution in [0.15, 0.2) is 54.9 Å². The van der Waals surface area contributed by atoms with E-state index in [0.29, 0.717) is 23.0 Å². The fourth-order valence-corrected chi connectivity index (χ4v) is 2.42. The Morgan fingerprint density at radius 3 is 2.18 bits per heavy atom. The zero-order chi connectivity index (χ0) is 19.9. The summed E-state index contributed by atoms with van der Waals surface area (Å²) >= 11 is 0. The van der Waals surface area contributed by atoms with Gasteiger partial charge in [-0.3, -0.25) is 4.79 Å². The van der Waals surface area contributed by atoms with Crippen LogP contribution in [0.1, 0.15) is 10.5 Å². The Balaban J connectivity index is 1.68.